The minimum atomic E-state index is -0.666. The number of nitrogens with zero attached hydrogens (tertiary/aromatic N) is 3. The Morgan fingerprint density at radius 3 is 2.43 bits per heavy atom. The Hall–Kier alpha value is -4.63. The van der Waals surface area contributed by atoms with Crippen molar-refractivity contribution in [3.05, 3.63) is 120 Å². The number of thiazole rings is 1. The molecule has 0 N–H and O–H groups in total. The smallest absolute Gasteiger partial charge is 0.338 e. The molecule has 0 saturated heterocycles. The maximum Gasteiger partial charge on any atom is 0.338 e. The molecule has 8 nitrogen and oxygen atoms in total. The first-order valence-corrected chi connectivity index (χ1v) is 14.3. The molecule has 0 unspecified atom stereocenters. The lowest BCUT2D eigenvalue weighted by molar-refractivity contribution is -0.136. The van der Waals surface area contributed by atoms with Crippen molar-refractivity contribution in [2.45, 2.75) is 26.5 Å². The second kappa shape index (κ2) is 12.1. The minimum absolute atomic E-state index is 0.233. The first-order valence-electron chi connectivity index (χ1n) is 13.4. The van der Waals surface area contributed by atoms with Crippen molar-refractivity contribution in [2.75, 3.05) is 33.2 Å². The number of ether oxygens (including phenoxy) is 3. The van der Waals surface area contributed by atoms with Crippen LogP contribution in [0.3, 0.4) is 0 Å². The molecule has 0 fully saturated rings. The van der Waals surface area contributed by atoms with Crippen LogP contribution < -0.4 is 29.3 Å². The van der Waals surface area contributed by atoms with E-state index in [1.54, 1.807) is 18.6 Å². The number of para-hydroxylation sites is 1. The third-order valence-corrected chi connectivity index (χ3v) is 8.21. The number of hydrogen-bond acceptors (Lipinski definition) is 8. The van der Waals surface area contributed by atoms with Gasteiger partial charge in [0.25, 0.3) is 5.56 Å². The van der Waals surface area contributed by atoms with Gasteiger partial charge in [0.05, 0.1) is 36.1 Å². The van der Waals surface area contributed by atoms with Gasteiger partial charge in [-0.3, -0.25) is 9.36 Å². The number of aryl methyl sites for hydroxylation is 1. The molecule has 1 aliphatic heterocycles. The molecule has 42 heavy (non-hydrogen) atoms. The SMILES string of the molecule is COC(=O)C1=C(C)N=c2s/c(=C/c3ccc(OC)c(COc4ccccc4C)c3)c(=O)n2[C@H]1c1ccc(N(C)C)cc1. The molecule has 0 saturated carbocycles. The number of rotatable bonds is 8. The van der Waals surface area contributed by atoms with Crippen molar-refractivity contribution in [1.82, 2.24) is 4.57 Å². The number of carbonyl (C=O) groups excluding carboxylic acids is 1. The van der Waals surface area contributed by atoms with E-state index in [0.717, 1.165) is 33.7 Å². The fourth-order valence-electron chi connectivity index (χ4n) is 4.99. The van der Waals surface area contributed by atoms with Crippen LogP contribution in [0.2, 0.25) is 0 Å². The molecule has 2 heterocycles. The van der Waals surface area contributed by atoms with Crippen LogP contribution in [0.1, 0.15) is 35.2 Å². The van der Waals surface area contributed by atoms with Crippen LogP contribution in [0.4, 0.5) is 5.69 Å². The van der Waals surface area contributed by atoms with Crippen LogP contribution in [0, 0.1) is 6.92 Å². The van der Waals surface area contributed by atoms with Crippen molar-refractivity contribution in [2.24, 2.45) is 4.99 Å². The number of methoxy groups -OCH3 is 2. The third kappa shape index (κ3) is 5.60. The van der Waals surface area contributed by atoms with Gasteiger partial charge in [-0.2, -0.15) is 0 Å². The first kappa shape index (κ1) is 28.9. The van der Waals surface area contributed by atoms with Crippen LogP contribution in [0.15, 0.2) is 87.8 Å². The van der Waals surface area contributed by atoms with E-state index in [4.69, 9.17) is 14.2 Å². The molecule has 1 atom stereocenters. The van der Waals surface area contributed by atoms with E-state index in [9.17, 15) is 9.59 Å². The van der Waals surface area contributed by atoms with Gasteiger partial charge < -0.3 is 19.1 Å². The lowest BCUT2D eigenvalue weighted by Gasteiger charge is -2.25. The Labute approximate surface area is 248 Å². The van der Waals surface area contributed by atoms with Gasteiger partial charge in [-0.25, -0.2) is 9.79 Å². The van der Waals surface area contributed by atoms with E-state index in [2.05, 4.69) is 4.99 Å². The number of allylic oxidation sites excluding steroid dienone is 1. The van der Waals surface area contributed by atoms with Gasteiger partial charge in [-0.1, -0.05) is 47.7 Å². The normalized spacial score (nSPS) is 14.7. The molecule has 216 valence electrons. The molecular formula is C33H33N3O5S. The first-order chi connectivity index (χ1) is 20.2. The zero-order valence-electron chi connectivity index (χ0n) is 24.5. The van der Waals surface area contributed by atoms with Crippen molar-refractivity contribution in [3.63, 3.8) is 0 Å². The topological polar surface area (TPSA) is 82.4 Å². The highest BCUT2D eigenvalue weighted by atomic mass is 32.1. The maximum atomic E-state index is 13.9. The molecule has 0 amide bonds. The molecule has 0 radical (unpaired) electrons. The average Bonchev–Trinajstić information content (AvgIpc) is 3.29. The summed E-state index contributed by atoms with van der Waals surface area (Å²) < 4.78 is 18.9. The van der Waals surface area contributed by atoms with Crippen LogP contribution in [0.25, 0.3) is 6.08 Å². The van der Waals surface area contributed by atoms with Gasteiger partial charge in [-0.05, 0) is 66.9 Å². The second-order valence-electron chi connectivity index (χ2n) is 10.2. The molecule has 9 heteroatoms. The summed E-state index contributed by atoms with van der Waals surface area (Å²) in [7, 11) is 6.88. The summed E-state index contributed by atoms with van der Waals surface area (Å²) in [6, 6.07) is 20.7. The molecule has 0 bridgehead atoms. The summed E-state index contributed by atoms with van der Waals surface area (Å²) in [5, 5.41) is 0. The molecule has 3 aromatic carbocycles. The van der Waals surface area contributed by atoms with Crippen molar-refractivity contribution >= 4 is 29.1 Å². The summed E-state index contributed by atoms with van der Waals surface area (Å²) >= 11 is 1.29. The van der Waals surface area contributed by atoms with Crippen LogP contribution in [0.5, 0.6) is 11.5 Å². The molecule has 4 aromatic rings. The van der Waals surface area contributed by atoms with Gasteiger partial charge >= 0.3 is 5.97 Å². The molecule has 1 aliphatic rings. The van der Waals surface area contributed by atoms with Crippen LogP contribution in [-0.2, 0) is 16.1 Å². The number of carbonyl (C=O) groups is 1. The van der Waals surface area contributed by atoms with Gasteiger partial charge in [0.1, 0.15) is 18.1 Å². The number of hydrogen-bond donors (Lipinski definition) is 0. The Morgan fingerprint density at radius 2 is 1.76 bits per heavy atom. The zero-order chi connectivity index (χ0) is 30.0. The highest BCUT2D eigenvalue weighted by Crippen LogP contribution is 2.31. The number of esters is 1. The lowest BCUT2D eigenvalue weighted by Crippen LogP contribution is -2.39. The lowest BCUT2D eigenvalue weighted by atomic mass is 9.95. The molecule has 1 aromatic heterocycles. The van der Waals surface area contributed by atoms with Gasteiger partial charge in [0, 0.05) is 25.3 Å². The summed E-state index contributed by atoms with van der Waals surface area (Å²) in [6.07, 6.45) is 1.84. The average molecular weight is 584 g/mol. The van der Waals surface area contributed by atoms with E-state index < -0.39 is 12.0 Å². The van der Waals surface area contributed by atoms with Gasteiger partial charge in [-0.15, -0.1) is 0 Å². The Kier molecular flexibility index (Phi) is 8.31. The van der Waals surface area contributed by atoms with Crippen LogP contribution in [-0.4, -0.2) is 38.9 Å². The van der Waals surface area contributed by atoms with E-state index in [0.29, 0.717) is 33.0 Å². The monoisotopic (exact) mass is 583 g/mol. The standard InChI is InChI=1S/C33H33N3O5S/c1-20-9-7-8-10-26(20)41-19-24-17-22(11-16-27(24)39-5)18-28-31(37)36-30(23-12-14-25(15-13-23)35(3)4)29(32(38)40-6)21(2)34-33(36)42-28/h7-18,30H,19H2,1-6H3/b28-18+/t30-/m0/s1. The number of fused-ring (bicyclic) bond motifs is 1. The summed E-state index contributed by atoms with van der Waals surface area (Å²) in [5.74, 6) is 0.982. The Bertz CT molecular complexity index is 1850. The zero-order valence-corrected chi connectivity index (χ0v) is 25.3. The van der Waals surface area contributed by atoms with Crippen molar-refractivity contribution < 1.29 is 19.0 Å². The number of benzene rings is 3. The number of aromatic nitrogens is 1. The number of anilines is 1. The fourth-order valence-corrected chi connectivity index (χ4v) is 6.04. The highest BCUT2D eigenvalue weighted by molar-refractivity contribution is 7.07. The molecule has 0 aliphatic carbocycles. The van der Waals surface area contributed by atoms with Crippen molar-refractivity contribution in [3.8, 4) is 11.5 Å². The fraction of sp³-hybridized carbons (Fsp3) is 0.242. The molecule has 5 rings (SSSR count). The van der Waals surface area contributed by atoms with Gasteiger partial charge in [0.2, 0.25) is 0 Å². The summed E-state index contributed by atoms with van der Waals surface area (Å²) in [5.41, 5.74) is 5.15. The molecule has 0 spiro atoms. The summed E-state index contributed by atoms with van der Waals surface area (Å²) in [4.78, 5) is 34.1. The Morgan fingerprint density at radius 1 is 1.02 bits per heavy atom. The second-order valence-corrected chi connectivity index (χ2v) is 11.2. The van der Waals surface area contributed by atoms with Crippen molar-refractivity contribution in [1.29, 1.82) is 0 Å². The van der Waals surface area contributed by atoms with E-state index in [1.165, 1.54) is 18.4 Å². The highest BCUT2D eigenvalue weighted by Gasteiger charge is 2.33. The van der Waals surface area contributed by atoms with Gasteiger partial charge in [0.15, 0.2) is 4.80 Å². The Balaban J connectivity index is 1.58. The predicted octanol–water partition coefficient (Wildman–Crippen LogP) is 4.37. The molecular weight excluding hydrogens is 550 g/mol. The minimum Gasteiger partial charge on any atom is -0.496 e. The quantitative estimate of drug-likeness (QED) is 0.287. The van der Waals surface area contributed by atoms with E-state index in [1.807, 2.05) is 98.7 Å². The summed E-state index contributed by atoms with van der Waals surface area (Å²) in [6.45, 7) is 4.08. The largest absolute Gasteiger partial charge is 0.496 e. The van der Waals surface area contributed by atoms with E-state index >= 15 is 0 Å². The predicted molar refractivity (Wildman–Crippen MR) is 165 cm³/mol. The van der Waals surface area contributed by atoms with E-state index in [-0.39, 0.29) is 5.56 Å². The third-order valence-electron chi connectivity index (χ3n) is 7.23. The maximum absolute atomic E-state index is 13.9. The van der Waals surface area contributed by atoms with Crippen LogP contribution >= 0.6 is 11.3 Å².